The second-order valence-corrected chi connectivity index (χ2v) is 6.93. The topological polar surface area (TPSA) is 49.4 Å². The van der Waals surface area contributed by atoms with E-state index in [2.05, 4.69) is 5.32 Å². The van der Waals surface area contributed by atoms with Crippen molar-refractivity contribution in [1.82, 2.24) is 5.32 Å². The largest absolute Gasteiger partial charge is 0.351 e. The molecule has 0 radical (unpaired) electrons. The predicted octanol–water partition coefficient (Wildman–Crippen LogP) is 4.63. The number of rotatable bonds is 7. The zero-order valence-corrected chi connectivity index (χ0v) is 16.6. The zero-order valence-electron chi connectivity index (χ0n) is 16.6. The van der Waals surface area contributed by atoms with Crippen LogP contribution in [-0.2, 0) is 11.3 Å². The first-order valence-electron chi connectivity index (χ1n) is 9.58. The normalized spacial score (nSPS) is 10.5. The number of hydrogen-bond acceptors (Lipinski definition) is 2. The molecule has 1 N–H and O–H groups in total. The molecule has 0 saturated heterocycles. The summed E-state index contributed by atoms with van der Waals surface area (Å²) in [6, 6.07) is 20.0. The lowest BCUT2D eigenvalue weighted by atomic mass is 10.1. The van der Waals surface area contributed by atoms with Crippen LogP contribution in [-0.4, -0.2) is 18.4 Å². The average Bonchev–Trinajstić information content (AvgIpc) is 2.73. The molecule has 0 aliphatic carbocycles. The molecule has 0 aromatic heterocycles. The van der Waals surface area contributed by atoms with Gasteiger partial charge in [0.1, 0.15) is 11.6 Å². The van der Waals surface area contributed by atoms with Gasteiger partial charge in [-0.3, -0.25) is 9.59 Å². The minimum Gasteiger partial charge on any atom is -0.351 e. The highest BCUT2D eigenvalue weighted by Crippen LogP contribution is 2.19. The minimum absolute atomic E-state index is 0.0334. The standard InChI is InChI=1S/C24H22F2N2O2/c1-17-7-10-20(11-8-17)28(16-18-5-3-2-4-6-18)23(29)13-14-27-24(30)21-12-9-19(25)15-22(21)26/h2-12,15H,13-14,16H2,1H3,(H,27,30). The maximum absolute atomic E-state index is 13.7. The van der Waals surface area contributed by atoms with Crippen molar-refractivity contribution >= 4 is 17.5 Å². The number of carbonyl (C=O) groups excluding carboxylic acids is 2. The van der Waals surface area contributed by atoms with Crippen LogP contribution in [0.4, 0.5) is 14.5 Å². The van der Waals surface area contributed by atoms with E-state index in [4.69, 9.17) is 0 Å². The average molecular weight is 408 g/mol. The Morgan fingerprint density at radius 3 is 2.30 bits per heavy atom. The molecule has 0 saturated carbocycles. The third-order valence-corrected chi connectivity index (χ3v) is 4.63. The van der Waals surface area contributed by atoms with E-state index in [1.54, 1.807) is 4.90 Å². The van der Waals surface area contributed by atoms with Crippen LogP contribution >= 0.6 is 0 Å². The lowest BCUT2D eigenvalue weighted by molar-refractivity contribution is -0.118. The molecule has 0 aliphatic rings. The second-order valence-electron chi connectivity index (χ2n) is 6.93. The molecule has 3 aromatic carbocycles. The maximum Gasteiger partial charge on any atom is 0.254 e. The van der Waals surface area contributed by atoms with Crippen molar-refractivity contribution in [3.8, 4) is 0 Å². The van der Waals surface area contributed by atoms with Gasteiger partial charge in [-0.15, -0.1) is 0 Å². The number of nitrogens with one attached hydrogen (secondary N) is 1. The van der Waals surface area contributed by atoms with E-state index in [-0.39, 0.29) is 24.4 Å². The fraction of sp³-hybridized carbons (Fsp3) is 0.167. The molecule has 0 atom stereocenters. The summed E-state index contributed by atoms with van der Waals surface area (Å²) in [7, 11) is 0. The van der Waals surface area contributed by atoms with E-state index in [0.717, 1.165) is 28.9 Å². The Labute approximate surface area is 174 Å². The molecule has 2 amide bonds. The van der Waals surface area contributed by atoms with Gasteiger partial charge >= 0.3 is 0 Å². The number of hydrogen-bond donors (Lipinski definition) is 1. The van der Waals surface area contributed by atoms with Crippen molar-refractivity contribution in [3.63, 3.8) is 0 Å². The summed E-state index contributed by atoms with van der Waals surface area (Å²) in [6.45, 7) is 2.39. The second kappa shape index (κ2) is 9.78. The molecule has 0 aliphatic heterocycles. The Balaban J connectivity index is 1.67. The number of amides is 2. The predicted molar refractivity (Wildman–Crippen MR) is 112 cm³/mol. The van der Waals surface area contributed by atoms with Crippen LogP contribution in [0.3, 0.4) is 0 Å². The van der Waals surface area contributed by atoms with E-state index in [1.165, 1.54) is 0 Å². The van der Waals surface area contributed by atoms with Crippen LogP contribution in [0.1, 0.15) is 27.9 Å². The van der Waals surface area contributed by atoms with Crippen LogP contribution in [0.5, 0.6) is 0 Å². The van der Waals surface area contributed by atoms with Gasteiger partial charge in [0.2, 0.25) is 5.91 Å². The summed E-state index contributed by atoms with van der Waals surface area (Å²) in [5, 5.41) is 2.52. The van der Waals surface area contributed by atoms with Crippen LogP contribution in [0, 0.1) is 18.6 Å². The lowest BCUT2D eigenvalue weighted by Crippen LogP contribution is -2.34. The monoisotopic (exact) mass is 408 g/mol. The fourth-order valence-corrected chi connectivity index (χ4v) is 3.00. The van der Waals surface area contributed by atoms with Gasteiger partial charge in [-0.2, -0.15) is 0 Å². The van der Waals surface area contributed by atoms with Crippen LogP contribution in [0.25, 0.3) is 0 Å². The highest BCUT2D eigenvalue weighted by Gasteiger charge is 2.17. The van der Waals surface area contributed by atoms with Gasteiger partial charge < -0.3 is 10.2 Å². The molecule has 0 bridgehead atoms. The number of benzene rings is 3. The van der Waals surface area contributed by atoms with Gasteiger partial charge in [-0.05, 0) is 36.8 Å². The summed E-state index contributed by atoms with van der Waals surface area (Å²) in [6.07, 6.45) is 0.0370. The first kappa shape index (κ1) is 21.2. The first-order valence-corrected chi connectivity index (χ1v) is 9.58. The van der Waals surface area contributed by atoms with E-state index < -0.39 is 17.5 Å². The molecule has 0 spiro atoms. The van der Waals surface area contributed by atoms with E-state index >= 15 is 0 Å². The fourth-order valence-electron chi connectivity index (χ4n) is 3.00. The molecular formula is C24H22F2N2O2. The molecule has 4 nitrogen and oxygen atoms in total. The lowest BCUT2D eigenvalue weighted by Gasteiger charge is -2.23. The third-order valence-electron chi connectivity index (χ3n) is 4.63. The SMILES string of the molecule is Cc1ccc(N(Cc2ccccc2)C(=O)CCNC(=O)c2ccc(F)cc2F)cc1. The molecular weight excluding hydrogens is 386 g/mol. The number of carbonyl (C=O) groups is 2. The van der Waals surface area contributed by atoms with E-state index in [9.17, 15) is 18.4 Å². The van der Waals surface area contributed by atoms with Crippen molar-refractivity contribution in [2.75, 3.05) is 11.4 Å². The number of aryl methyl sites for hydroxylation is 1. The van der Waals surface area contributed by atoms with Gasteiger partial charge in [-0.1, -0.05) is 48.0 Å². The highest BCUT2D eigenvalue weighted by atomic mass is 19.1. The summed E-state index contributed by atoms with van der Waals surface area (Å²) in [5.41, 5.74) is 2.55. The van der Waals surface area contributed by atoms with Gasteiger partial charge in [-0.25, -0.2) is 8.78 Å². The van der Waals surface area contributed by atoms with Crippen LogP contribution < -0.4 is 10.2 Å². The quantitative estimate of drug-likeness (QED) is 0.620. The van der Waals surface area contributed by atoms with E-state index in [1.807, 2.05) is 61.5 Å². The summed E-state index contributed by atoms with van der Waals surface area (Å²) in [4.78, 5) is 26.7. The molecule has 154 valence electrons. The molecule has 3 aromatic rings. The molecule has 0 unspecified atom stereocenters. The van der Waals surface area contributed by atoms with Crippen molar-refractivity contribution in [2.24, 2.45) is 0 Å². The third kappa shape index (κ3) is 5.50. The molecule has 0 fully saturated rings. The molecule has 0 heterocycles. The molecule has 3 rings (SSSR count). The smallest absolute Gasteiger partial charge is 0.254 e. The minimum atomic E-state index is -0.941. The summed E-state index contributed by atoms with van der Waals surface area (Å²) >= 11 is 0. The van der Waals surface area contributed by atoms with Gasteiger partial charge in [0.25, 0.3) is 5.91 Å². The Morgan fingerprint density at radius 1 is 0.933 bits per heavy atom. The Hall–Kier alpha value is -3.54. The van der Waals surface area contributed by atoms with Gasteiger partial charge in [0.15, 0.2) is 0 Å². The number of nitrogens with zero attached hydrogens (tertiary/aromatic N) is 1. The van der Waals surface area contributed by atoms with E-state index in [0.29, 0.717) is 12.6 Å². The summed E-state index contributed by atoms with van der Waals surface area (Å²) in [5.74, 6) is -2.56. The number of anilines is 1. The number of halogens is 2. The Morgan fingerprint density at radius 2 is 1.63 bits per heavy atom. The first-order chi connectivity index (χ1) is 14.4. The van der Waals surface area contributed by atoms with Crippen LogP contribution in [0.15, 0.2) is 72.8 Å². The van der Waals surface area contributed by atoms with Crippen molar-refractivity contribution in [3.05, 3.63) is 101 Å². The summed E-state index contributed by atoms with van der Waals surface area (Å²) < 4.78 is 26.7. The highest BCUT2D eigenvalue weighted by molar-refractivity contribution is 5.96. The van der Waals surface area contributed by atoms with Gasteiger partial charge in [0, 0.05) is 24.7 Å². The molecule has 30 heavy (non-hydrogen) atoms. The Kier molecular flexibility index (Phi) is 6.91. The molecule has 6 heteroatoms. The van der Waals surface area contributed by atoms with Crippen LogP contribution in [0.2, 0.25) is 0 Å². The van der Waals surface area contributed by atoms with Crippen molar-refractivity contribution < 1.29 is 18.4 Å². The maximum atomic E-state index is 13.7. The zero-order chi connectivity index (χ0) is 21.5. The van der Waals surface area contributed by atoms with Gasteiger partial charge in [0.05, 0.1) is 12.1 Å². The Bertz CT molecular complexity index is 1020. The van der Waals surface area contributed by atoms with Crippen molar-refractivity contribution in [2.45, 2.75) is 19.9 Å². The van der Waals surface area contributed by atoms with Crippen molar-refractivity contribution in [1.29, 1.82) is 0 Å².